The number of thioether (sulfide) groups is 2. The van der Waals surface area contributed by atoms with Gasteiger partial charge in [-0.15, -0.1) is 28.2 Å². The number of urea groups is 1. The van der Waals surface area contributed by atoms with Gasteiger partial charge in [-0.1, -0.05) is 18.7 Å². The van der Waals surface area contributed by atoms with Gasteiger partial charge in [0.15, 0.2) is 0 Å². The minimum Gasteiger partial charge on any atom is -0.543 e. The van der Waals surface area contributed by atoms with E-state index >= 15 is 0 Å². The summed E-state index contributed by atoms with van der Waals surface area (Å²) in [6.07, 6.45) is 1.67. The fourth-order valence-corrected chi connectivity index (χ4v) is 8.13. The number of tetrazole rings is 1. The number of thiophene rings is 1. The standard InChI is InChI=1S/C25H29N11O7S3.Na/c1-4-6-27-23-28-9-14(18(38)29-23)35(22(26)42)13-5-7-44-15(13)8-16(37)30-25(43-3)20(41)36-17(19(39)40)12(10-45-21(25)36)11-46-24-31-32-33-34(24)2;/h5,7,9,21H,4,6,8,10-11H2,1-3H3,(H2,26,42)(H,30,37)(H,39,40)(H2,27,28,29,38);/q;+1/p-1/t21-,25+;/m1./s1. The first kappa shape index (κ1) is 36.4. The number of carboxylic acid groups (broad SMARTS) is 1. The molecule has 1 fully saturated rings. The summed E-state index contributed by atoms with van der Waals surface area (Å²) < 4.78 is 6.96. The van der Waals surface area contributed by atoms with Crippen LogP contribution in [0.15, 0.2) is 38.9 Å². The van der Waals surface area contributed by atoms with E-state index in [9.17, 15) is 29.1 Å². The zero-order valence-corrected chi connectivity index (χ0v) is 30.1. The molecule has 0 aromatic carbocycles. The van der Waals surface area contributed by atoms with E-state index in [4.69, 9.17) is 10.5 Å². The predicted octanol–water partition coefficient (Wildman–Crippen LogP) is -3.89. The molecule has 3 aromatic heterocycles. The van der Waals surface area contributed by atoms with E-state index in [1.807, 2.05) is 6.92 Å². The molecule has 0 saturated carbocycles. The first-order valence-corrected chi connectivity index (χ1v) is 16.5. The number of carbonyl (C=O) groups excluding carboxylic acids is 4. The Morgan fingerprint density at radius 2 is 2.09 bits per heavy atom. The van der Waals surface area contributed by atoms with Gasteiger partial charge in [0.1, 0.15) is 11.1 Å². The van der Waals surface area contributed by atoms with Crippen molar-refractivity contribution in [1.29, 1.82) is 0 Å². The van der Waals surface area contributed by atoms with Crippen LogP contribution in [0.5, 0.6) is 0 Å². The molecule has 0 bridgehead atoms. The van der Waals surface area contributed by atoms with Gasteiger partial charge in [-0.25, -0.2) is 14.5 Å². The Hall–Kier alpha value is -3.47. The zero-order valence-electron chi connectivity index (χ0n) is 25.6. The predicted molar refractivity (Wildman–Crippen MR) is 166 cm³/mol. The van der Waals surface area contributed by atoms with Crippen LogP contribution in [0.1, 0.15) is 18.2 Å². The zero-order chi connectivity index (χ0) is 33.2. The van der Waals surface area contributed by atoms with E-state index in [0.29, 0.717) is 22.2 Å². The van der Waals surface area contributed by atoms with Crippen molar-refractivity contribution in [2.75, 3.05) is 35.4 Å². The Labute approximate surface area is 301 Å². The van der Waals surface area contributed by atoms with Gasteiger partial charge in [-0.05, 0) is 33.9 Å². The molecule has 2 aliphatic rings. The van der Waals surface area contributed by atoms with E-state index < -0.39 is 40.5 Å². The second kappa shape index (κ2) is 15.2. The van der Waals surface area contributed by atoms with Crippen molar-refractivity contribution in [3.63, 3.8) is 0 Å². The fourth-order valence-electron chi connectivity index (χ4n) is 4.85. The normalized spacial score (nSPS) is 18.6. The third-order valence-corrected chi connectivity index (χ3v) is 10.4. The third-order valence-electron chi connectivity index (χ3n) is 6.98. The first-order chi connectivity index (χ1) is 22.0. The summed E-state index contributed by atoms with van der Waals surface area (Å²) in [6.45, 7) is 2.52. The van der Waals surface area contributed by atoms with E-state index in [1.165, 1.54) is 47.6 Å². The van der Waals surface area contributed by atoms with Crippen LogP contribution in [0.25, 0.3) is 0 Å². The fraction of sp³-hybridized carbons (Fsp3) is 0.400. The molecular weight excluding hydrogens is 686 g/mol. The van der Waals surface area contributed by atoms with Crippen LogP contribution in [0, 0.1) is 0 Å². The number of carbonyl (C=O) groups is 4. The molecule has 5 rings (SSSR count). The van der Waals surface area contributed by atoms with Gasteiger partial charge in [0.2, 0.25) is 17.0 Å². The number of anilines is 3. The number of hydrogen-bond donors (Lipinski definition) is 4. The van der Waals surface area contributed by atoms with Crippen molar-refractivity contribution < 1.29 is 58.6 Å². The summed E-state index contributed by atoms with van der Waals surface area (Å²) >= 11 is 3.53. The number of aryl methyl sites for hydroxylation is 1. The van der Waals surface area contributed by atoms with Gasteiger partial charge >= 0.3 is 35.6 Å². The molecule has 2 aliphatic heterocycles. The minimum absolute atomic E-state index is 0. The molecule has 2 atom stereocenters. The number of β-lactam (4-membered cyclic amide) rings is 1. The summed E-state index contributed by atoms with van der Waals surface area (Å²) in [5.41, 5.74) is 3.30. The molecule has 244 valence electrons. The molecule has 3 aromatic rings. The second-order valence-corrected chi connectivity index (χ2v) is 12.9. The maximum atomic E-state index is 13.5. The molecule has 18 nitrogen and oxygen atoms in total. The number of aromatic amines is 1. The van der Waals surface area contributed by atoms with E-state index in [-0.39, 0.29) is 70.5 Å². The van der Waals surface area contributed by atoms with Crippen molar-refractivity contribution in [1.82, 2.24) is 40.4 Å². The van der Waals surface area contributed by atoms with Crippen molar-refractivity contribution in [2.45, 2.75) is 36.0 Å². The van der Waals surface area contributed by atoms with Crippen molar-refractivity contribution in [2.24, 2.45) is 12.8 Å². The average Bonchev–Trinajstić information content (AvgIpc) is 3.65. The number of aliphatic carboxylic acids is 1. The number of nitrogens with zero attached hydrogens (tertiary/aromatic N) is 7. The molecular formula is C25H28N11NaO7S3. The van der Waals surface area contributed by atoms with Crippen LogP contribution >= 0.6 is 34.9 Å². The number of nitrogens with one attached hydrogen (secondary N) is 3. The molecule has 22 heteroatoms. The number of fused-ring (bicyclic) bond motifs is 1. The Morgan fingerprint density at radius 3 is 2.70 bits per heavy atom. The number of hydrogen-bond acceptors (Lipinski definition) is 15. The molecule has 1 saturated heterocycles. The summed E-state index contributed by atoms with van der Waals surface area (Å²) in [6, 6.07) is 0.539. The second-order valence-electron chi connectivity index (χ2n) is 9.89. The largest absolute Gasteiger partial charge is 1.00 e. The van der Waals surface area contributed by atoms with Crippen LogP contribution in [0.3, 0.4) is 0 Å². The summed E-state index contributed by atoms with van der Waals surface area (Å²) in [4.78, 5) is 73.5. The molecule has 0 aliphatic carbocycles. The molecule has 47 heavy (non-hydrogen) atoms. The number of methoxy groups -OCH3 is 1. The molecule has 0 radical (unpaired) electrons. The van der Waals surface area contributed by atoms with Crippen LogP contribution in [0.2, 0.25) is 0 Å². The quantitative estimate of drug-likeness (QED) is 0.0573. The van der Waals surface area contributed by atoms with Gasteiger partial charge in [-0.2, -0.15) is 0 Å². The average molecular weight is 714 g/mol. The van der Waals surface area contributed by atoms with Gasteiger partial charge in [0.25, 0.3) is 17.2 Å². The van der Waals surface area contributed by atoms with Crippen molar-refractivity contribution >= 4 is 76.0 Å². The molecule has 0 unspecified atom stereocenters. The maximum absolute atomic E-state index is 13.5. The Kier molecular flexibility index (Phi) is 11.7. The SMILES string of the molecule is CCCNc1ncc(N(C(N)=O)c2ccsc2CC(=O)N[C@]2(OC)C(=O)N3C(C(=O)[O-])=C(CSc4nnnn4C)CS[C@@H]32)c(=O)[nH]1.[Na+]. The summed E-state index contributed by atoms with van der Waals surface area (Å²) in [5.74, 6) is -2.39. The van der Waals surface area contributed by atoms with Crippen LogP contribution < -0.4 is 61.5 Å². The monoisotopic (exact) mass is 713 g/mol. The van der Waals surface area contributed by atoms with Crippen LogP contribution in [0.4, 0.5) is 22.1 Å². The van der Waals surface area contributed by atoms with E-state index in [0.717, 1.165) is 27.6 Å². The van der Waals surface area contributed by atoms with Gasteiger partial charge < -0.3 is 31.0 Å². The topological polar surface area (TPSA) is 246 Å². The van der Waals surface area contributed by atoms with Gasteiger partial charge in [0, 0.05) is 37.1 Å². The number of H-pyrrole nitrogens is 1. The number of carboxylic acids is 1. The Balaban J connectivity index is 0.00000500. The van der Waals surface area contributed by atoms with Crippen LogP contribution in [-0.2, 0) is 32.6 Å². The number of primary amides is 1. The number of ether oxygens (including phenoxy) is 1. The van der Waals surface area contributed by atoms with Gasteiger partial charge in [-0.3, -0.25) is 29.2 Å². The summed E-state index contributed by atoms with van der Waals surface area (Å²) in [7, 11) is 2.87. The molecule has 5 N–H and O–H groups in total. The van der Waals surface area contributed by atoms with Gasteiger partial charge in [0.05, 0.1) is 30.0 Å². The number of amides is 4. The first-order valence-electron chi connectivity index (χ1n) is 13.6. The summed E-state index contributed by atoms with van der Waals surface area (Å²) in [5, 5.41) is 30.1. The maximum Gasteiger partial charge on any atom is 1.00 e. The van der Waals surface area contributed by atoms with Crippen molar-refractivity contribution in [3.8, 4) is 0 Å². The van der Waals surface area contributed by atoms with E-state index in [1.54, 1.807) is 12.4 Å². The Morgan fingerprint density at radius 1 is 1.32 bits per heavy atom. The number of nitrogens with two attached hydrogens (primary N) is 1. The van der Waals surface area contributed by atoms with Crippen LogP contribution in [-0.4, -0.2) is 95.1 Å². The third kappa shape index (κ3) is 7.05. The van der Waals surface area contributed by atoms with Crippen molar-refractivity contribution in [3.05, 3.63) is 44.1 Å². The molecule has 0 spiro atoms. The Bertz CT molecular complexity index is 1780. The smallest absolute Gasteiger partial charge is 0.543 e. The minimum atomic E-state index is -1.86. The van der Waals surface area contributed by atoms with E-state index in [2.05, 4.69) is 36.1 Å². The number of aromatic nitrogens is 6. The number of rotatable bonds is 13. The molecule has 4 amide bonds. The molecule has 5 heterocycles.